The van der Waals surface area contributed by atoms with E-state index in [1.807, 2.05) is 0 Å². The van der Waals surface area contributed by atoms with Gasteiger partial charge in [-0.15, -0.1) is 0 Å². The van der Waals surface area contributed by atoms with Crippen molar-refractivity contribution in [2.45, 2.75) is 0 Å². The third-order valence-electron chi connectivity index (χ3n) is 0.573. The van der Waals surface area contributed by atoms with E-state index in [0.29, 0.717) is 0 Å². The molecule has 1 rings (SSSR count). The average Bonchev–Trinajstić information content (AvgIpc) is 1.69. The van der Waals surface area contributed by atoms with Gasteiger partial charge in [0.15, 0.2) is 0 Å². The molecule has 1 heterocycles. The van der Waals surface area contributed by atoms with Gasteiger partial charge in [-0.05, 0) is 0 Å². The van der Waals surface area contributed by atoms with Crippen LogP contribution in [0.15, 0.2) is 18.3 Å². The third-order valence-corrected chi connectivity index (χ3v) is 0.573. The summed E-state index contributed by atoms with van der Waals surface area (Å²) in [4.78, 5) is 3.26. The van der Waals surface area contributed by atoms with Crippen LogP contribution in [0, 0.1) is 12.0 Å². The Morgan fingerprint density at radius 2 is 2.38 bits per heavy atom. The Morgan fingerprint density at radius 1 is 1.62 bits per heavy atom. The summed E-state index contributed by atoms with van der Waals surface area (Å²) >= 11 is 0. The van der Waals surface area contributed by atoms with Gasteiger partial charge in [0.05, 0.1) is 0 Å². The molecule has 0 aromatic carbocycles. The van der Waals surface area contributed by atoms with Crippen molar-refractivity contribution in [3.05, 3.63) is 30.3 Å². The fraction of sp³-hybridized carbons (Fsp3) is 0. The van der Waals surface area contributed by atoms with E-state index in [9.17, 15) is 4.39 Å². The van der Waals surface area contributed by atoms with Gasteiger partial charge in [0.1, 0.15) is 5.95 Å². The molecule has 0 bridgehead atoms. The van der Waals surface area contributed by atoms with Crippen molar-refractivity contribution in [3.63, 3.8) is 0 Å². The van der Waals surface area contributed by atoms with E-state index in [1.165, 1.54) is 12.3 Å². The van der Waals surface area contributed by atoms with Crippen LogP contribution in [0.1, 0.15) is 0 Å². The summed E-state index contributed by atoms with van der Waals surface area (Å²) in [5.41, 5.74) is 0. The zero-order chi connectivity index (χ0) is 5.11. The molecule has 0 aliphatic rings. The fourth-order valence-corrected chi connectivity index (χ4v) is 0.306. The number of aromatic nitrogens is 1. The van der Waals surface area contributed by atoms with Crippen LogP contribution >= 0.6 is 0 Å². The molecule has 8 heavy (non-hydrogen) atoms. The molecule has 0 fully saturated rings. The predicted octanol–water partition coefficient (Wildman–Crippen LogP) is -1.98. The summed E-state index contributed by atoms with van der Waals surface area (Å²) in [5.74, 6) is -0.553. The van der Waals surface area contributed by atoms with Crippen LogP contribution in [0.3, 0.4) is 0 Å². The molecular weight excluding hydrogens is 132 g/mol. The number of halogens is 1. The van der Waals surface area contributed by atoms with Gasteiger partial charge in [-0.3, -0.25) is 4.98 Å². The van der Waals surface area contributed by atoms with Crippen molar-refractivity contribution < 1.29 is 55.8 Å². The summed E-state index contributed by atoms with van der Waals surface area (Å²) in [5, 5.41) is 0. The first-order valence-electron chi connectivity index (χ1n) is 1.88. The first kappa shape index (κ1) is 8.72. The molecule has 1 aromatic rings. The van der Waals surface area contributed by atoms with Gasteiger partial charge >= 0.3 is 51.4 Å². The van der Waals surface area contributed by atoms with Crippen molar-refractivity contribution in [1.82, 2.24) is 4.98 Å². The number of hydrogen-bond donors (Lipinski definition) is 0. The summed E-state index contributed by atoms with van der Waals surface area (Å²) < 4.78 is 11.7. The molecule has 0 amide bonds. The van der Waals surface area contributed by atoms with Crippen LogP contribution in [-0.4, -0.2) is 4.98 Å². The molecule has 0 atom stereocenters. The molecule has 1 aromatic heterocycles. The smallest absolute Gasteiger partial charge is 0.266 e. The molecule has 0 aliphatic carbocycles. The molecule has 0 N–H and O–H groups in total. The van der Waals surface area contributed by atoms with Crippen molar-refractivity contribution in [1.29, 1.82) is 0 Å². The molecular formula is C5H3FKN. The Hall–Kier alpha value is 0.716. The molecule has 0 unspecified atom stereocenters. The van der Waals surface area contributed by atoms with E-state index in [4.69, 9.17) is 0 Å². The average molecular weight is 135 g/mol. The molecule has 36 valence electrons. The molecule has 1 nitrogen and oxygen atoms in total. The zero-order valence-corrected chi connectivity index (χ0v) is 7.68. The topological polar surface area (TPSA) is 12.9 Å². The Balaban J connectivity index is 0.000000490. The second-order valence-corrected chi connectivity index (χ2v) is 1.07. The van der Waals surface area contributed by atoms with Crippen LogP contribution in [0.2, 0.25) is 0 Å². The summed E-state index contributed by atoms with van der Waals surface area (Å²) in [6.07, 6.45) is 1.38. The maximum absolute atomic E-state index is 11.7. The summed E-state index contributed by atoms with van der Waals surface area (Å²) in [6.45, 7) is 0. The van der Waals surface area contributed by atoms with Crippen LogP contribution in [0.25, 0.3) is 0 Å². The maximum atomic E-state index is 11.7. The Kier molecular flexibility index (Phi) is 4.99. The minimum absolute atomic E-state index is 0. The molecule has 0 saturated carbocycles. The molecule has 3 heteroatoms. The fourth-order valence-electron chi connectivity index (χ4n) is 0.306. The Bertz CT molecular complexity index is 142. The first-order valence-corrected chi connectivity index (χ1v) is 1.88. The predicted molar refractivity (Wildman–Crippen MR) is 23.0 cm³/mol. The summed E-state index contributed by atoms with van der Waals surface area (Å²) in [6, 6.07) is 5.34. The van der Waals surface area contributed by atoms with Crippen LogP contribution in [0.4, 0.5) is 4.39 Å². The minimum atomic E-state index is -0.553. The van der Waals surface area contributed by atoms with Crippen molar-refractivity contribution in [2.24, 2.45) is 0 Å². The van der Waals surface area contributed by atoms with Crippen LogP contribution < -0.4 is 51.4 Å². The van der Waals surface area contributed by atoms with Gasteiger partial charge in [-0.25, -0.2) is 10.5 Å². The molecule has 0 radical (unpaired) electrons. The van der Waals surface area contributed by atoms with Crippen LogP contribution in [0.5, 0.6) is 0 Å². The van der Waals surface area contributed by atoms with E-state index >= 15 is 0 Å². The first-order chi connectivity index (χ1) is 3.39. The molecule has 0 aliphatic heterocycles. The van der Waals surface area contributed by atoms with E-state index in [2.05, 4.69) is 11.1 Å². The van der Waals surface area contributed by atoms with Gasteiger partial charge in [0.25, 0.3) is 0 Å². The van der Waals surface area contributed by atoms with E-state index in [0.717, 1.165) is 0 Å². The van der Waals surface area contributed by atoms with Crippen molar-refractivity contribution >= 4 is 0 Å². The second-order valence-electron chi connectivity index (χ2n) is 1.07. The third kappa shape index (κ3) is 2.89. The SMILES string of the molecule is Fc1[c-]cccn1.[K+]. The number of hydrogen-bond acceptors (Lipinski definition) is 1. The molecule has 0 saturated heterocycles. The standard InChI is InChI=1S/C5H3FN.K/c6-5-3-1-2-4-7-5;/h1-2,4H;/q-1;+1. The van der Waals surface area contributed by atoms with Crippen molar-refractivity contribution in [2.75, 3.05) is 0 Å². The molecule has 0 spiro atoms. The quantitative estimate of drug-likeness (QED) is 0.228. The van der Waals surface area contributed by atoms with E-state index in [1.54, 1.807) is 6.07 Å². The summed E-state index contributed by atoms with van der Waals surface area (Å²) in [7, 11) is 0. The van der Waals surface area contributed by atoms with Crippen molar-refractivity contribution in [3.8, 4) is 0 Å². The van der Waals surface area contributed by atoms with E-state index in [-0.39, 0.29) is 51.4 Å². The van der Waals surface area contributed by atoms with Gasteiger partial charge in [-0.1, -0.05) is 6.20 Å². The Morgan fingerprint density at radius 3 is 2.62 bits per heavy atom. The zero-order valence-electron chi connectivity index (χ0n) is 4.56. The largest absolute Gasteiger partial charge is 1.00 e. The normalized spacial score (nSPS) is 7.62. The Labute approximate surface area is 89.7 Å². The van der Waals surface area contributed by atoms with Gasteiger partial charge in [-0.2, -0.15) is 12.1 Å². The second kappa shape index (κ2) is 4.58. The van der Waals surface area contributed by atoms with Gasteiger partial charge in [0.2, 0.25) is 0 Å². The number of nitrogens with zero attached hydrogens (tertiary/aromatic N) is 1. The van der Waals surface area contributed by atoms with Crippen LogP contribution in [-0.2, 0) is 0 Å². The number of pyridine rings is 1. The minimum Gasteiger partial charge on any atom is -0.266 e. The monoisotopic (exact) mass is 135 g/mol. The maximum Gasteiger partial charge on any atom is 1.00 e. The van der Waals surface area contributed by atoms with Gasteiger partial charge in [0, 0.05) is 0 Å². The van der Waals surface area contributed by atoms with Gasteiger partial charge < -0.3 is 0 Å². The van der Waals surface area contributed by atoms with E-state index < -0.39 is 5.95 Å². The number of rotatable bonds is 0.